The molecular weight excluding hydrogens is 466 g/mol. The van der Waals surface area contributed by atoms with Crippen LogP contribution in [0.3, 0.4) is 0 Å². The van der Waals surface area contributed by atoms with Crippen molar-refractivity contribution in [3.05, 3.63) is 84.7 Å². The quantitative estimate of drug-likeness (QED) is 0.366. The van der Waals surface area contributed by atoms with Crippen molar-refractivity contribution < 1.29 is 13.2 Å². The summed E-state index contributed by atoms with van der Waals surface area (Å²) in [5, 5.41) is 10.8. The van der Waals surface area contributed by atoms with Gasteiger partial charge < -0.3 is 15.5 Å². The van der Waals surface area contributed by atoms with Crippen LogP contribution in [0.15, 0.2) is 84.0 Å². The Hall–Kier alpha value is -4.12. The molecule has 0 aliphatic carbocycles. The number of amides is 2. The molecule has 2 aromatic heterocycles. The predicted octanol–water partition coefficient (Wildman–Crippen LogP) is 2.93. The highest BCUT2D eigenvalue weighted by Crippen LogP contribution is 2.21. The molecule has 0 spiro atoms. The van der Waals surface area contributed by atoms with E-state index in [1.807, 2.05) is 18.2 Å². The summed E-state index contributed by atoms with van der Waals surface area (Å²) in [4.78, 5) is 18.9. The molecule has 3 heterocycles. The lowest BCUT2D eigenvalue weighted by atomic mass is 10.2. The molecule has 1 saturated heterocycles. The number of hydrogen-bond donors (Lipinski definition) is 3. The standard InChI is InChI=1S/C24H25N7O3S/c32-24(30-14-12-19(17-30)27-22-10-11-23-25-13-15-31(23)28-22)26-16-18-6-4-5-9-21(18)29-35(33,34)20-7-2-1-3-8-20/h1-11,13,15,19,29H,12,14,16-17H2,(H,26,32)(H,27,28). The van der Waals surface area contributed by atoms with E-state index < -0.39 is 10.0 Å². The summed E-state index contributed by atoms with van der Waals surface area (Å²) in [6.45, 7) is 1.34. The van der Waals surface area contributed by atoms with Crippen molar-refractivity contribution in [3.63, 3.8) is 0 Å². The maximum absolute atomic E-state index is 12.8. The molecular formula is C24H25N7O3S. The average molecular weight is 492 g/mol. The van der Waals surface area contributed by atoms with Crippen LogP contribution < -0.4 is 15.4 Å². The lowest BCUT2D eigenvalue weighted by Crippen LogP contribution is -2.39. The molecule has 1 fully saturated rings. The molecule has 35 heavy (non-hydrogen) atoms. The lowest BCUT2D eigenvalue weighted by molar-refractivity contribution is 0.208. The van der Waals surface area contributed by atoms with Crippen molar-refractivity contribution in [2.24, 2.45) is 0 Å². The summed E-state index contributed by atoms with van der Waals surface area (Å²) in [5.74, 6) is 0.724. The second kappa shape index (κ2) is 9.63. The number of likely N-dealkylation sites (tertiary alicyclic amines) is 1. The van der Waals surface area contributed by atoms with Crippen molar-refractivity contribution in [1.29, 1.82) is 0 Å². The maximum Gasteiger partial charge on any atom is 0.317 e. The van der Waals surface area contributed by atoms with Gasteiger partial charge in [0, 0.05) is 38.1 Å². The zero-order valence-electron chi connectivity index (χ0n) is 18.8. The fourth-order valence-corrected chi connectivity index (χ4v) is 5.15. The fraction of sp³-hybridized carbons (Fsp3) is 0.208. The van der Waals surface area contributed by atoms with Crippen LogP contribution in [0.25, 0.3) is 5.65 Å². The molecule has 0 radical (unpaired) electrons. The van der Waals surface area contributed by atoms with Gasteiger partial charge in [0.25, 0.3) is 10.0 Å². The first-order valence-corrected chi connectivity index (χ1v) is 12.7. The van der Waals surface area contributed by atoms with Gasteiger partial charge in [-0.1, -0.05) is 36.4 Å². The van der Waals surface area contributed by atoms with Gasteiger partial charge in [0.15, 0.2) is 5.65 Å². The highest BCUT2D eigenvalue weighted by Gasteiger charge is 2.26. The lowest BCUT2D eigenvalue weighted by Gasteiger charge is -2.19. The third kappa shape index (κ3) is 5.19. The number of carbonyl (C=O) groups is 1. The number of urea groups is 1. The van der Waals surface area contributed by atoms with Gasteiger partial charge in [0.05, 0.1) is 10.6 Å². The SMILES string of the molecule is O=C(NCc1ccccc1NS(=O)(=O)c1ccccc1)N1CCC(Nc2ccc3nccn3n2)C1. The van der Waals surface area contributed by atoms with Gasteiger partial charge in [-0.25, -0.2) is 22.7 Å². The average Bonchev–Trinajstić information content (AvgIpc) is 3.53. The molecule has 2 aromatic carbocycles. The summed E-state index contributed by atoms with van der Waals surface area (Å²) in [6.07, 6.45) is 4.27. The number of benzene rings is 2. The van der Waals surface area contributed by atoms with Crippen molar-refractivity contribution in [1.82, 2.24) is 24.8 Å². The Balaban J connectivity index is 1.18. The van der Waals surface area contributed by atoms with E-state index >= 15 is 0 Å². The molecule has 1 atom stereocenters. The molecule has 11 heteroatoms. The zero-order valence-corrected chi connectivity index (χ0v) is 19.6. The topological polar surface area (TPSA) is 121 Å². The van der Waals surface area contributed by atoms with Gasteiger partial charge in [-0.2, -0.15) is 0 Å². The van der Waals surface area contributed by atoms with E-state index in [9.17, 15) is 13.2 Å². The minimum absolute atomic E-state index is 0.0826. The monoisotopic (exact) mass is 491 g/mol. The van der Waals surface area contributed by atoms with E-state index in [-0.39, 0.29) is 23.5 Å². The molecule has 0 saturated carbocycles. The van der Waals surface area contributed by atoms with Crippen LogP contribution in [-0.2, 0) is 16.6 Å². The highest BCUT2D eigenvalue weighted by molar-refractivity contribution is 7.92. The zero-order chi connectivity index (χ0) is 24.3. The molecule has 3 N–H and O–H groups in total. The minimum Gasteiger partial charge on any atom is -0.364 e. The number of nitrogens with one attached hydrogen (secondary N) is 3. The van der Waals surface area contributed by atoms with Crippen LogP contribution in [0, 0.1) is 0 Å². The molecule has 1 aliphatic rings. The van der Waals surface area contributed by atoms with Crippen LogP contribution in [0.5, 0.6) is 0 Å². The molecule has 4 aromatic rings. The summed E-state index contributed by atoms with van der Waals surface area (Å²) in [6, 6.07) is 18.8. The Kier molecular flexibility index (Phi) is 6.23. The number of hydrogen-bond acceptors (Lipinski definition) is 6. The van der Waals surface area contributed by atoms with Gasteiger partial charge in [0.1, 0.15) is 5.82 Å². The number of nitrogens with zero attached hydrogens (tertiary/aromatic N) is 4. The number of rotatable bonds is 7. The molecule has 5 rings (SSSR count). The second-order valence-corrected chi connectivity index (χ2v) is 9.94. The Morgan fingerprint density at radius 3 is 2.69 bits per heavy atom. The van der Waals surface area contributed by atoms with Gasteiger partial charge >= 0.3 is 6.03 Å². The van der Waals surface area contributed by atoms with Crippen LogP contribution in [0.1, 0.15) is 12.0 Å². The van der Waals surface area contributed by atoms with Crippen molar-refractivity contribution in [2.45, 2.75) is 23.9 Å². The summed E-state index contributed by atoms with van der Waals surface area (Å²) < 4.78 is 29.8. The van der Waals surface area contributed by atoms with Gasteiger partial charge in [0.2, 0.25) is 0 Å². The number of aromatic nitrogens is 3. The van der Waals surface area contributed by atoms with E-state index in [1.54, 1.807) is 58.2 Å². The maximum atomic E-state index is 12.8. The third-order valence-electron chi connectivity index (χ3n) is 5.83. The number of para-hydroxylation sites is 1. The van der Waals surface area contributed by atoms with Crippen LogP contribution in [0.4, 0.5) is 16.3 Å². The highest BCUT2D eigenvalue weighted by atomic mass is 32.2. The molecule has 10 nitrogen and oxygen atoms in total. The number of sulfonamides is 1. The molecule has 2 amide bonds. The second-order valence-electron chi connectivity index (χ2n) is 8.26. The molecule has 1 unspecified atom stereocenters. The van der Waals surface area contributed by atoms with Crippen LogP contribution in [-0.4, -0.2) is 53.1 Å². The van der Waals surface area contributed by atoms with E-state index in [1.165, 1.54) is 12.1 Å². The molecule has 0 bridgehead atoms. The Morgan fingerprint density at radius 2 is 1.83 bits per heavy atom. The minimum atomic E-state index is -3.73. The Bertz CT molecular complexity index is 1440. The normalized spacial score (nSPS) is 15.8. The summed E-state index contributed by atoms with van der Waals surface area (Å²) in [7, 11) is -3.73. The van der Waals surface area contributed by atoms with E-state index in [0.29, 0.717) is 24.3 Å². The first-order valence-electron chi connectivity index (χ1n) is 11.2. The Morgan fingerprint density at radius 1 is 1.03 bits per heavy atom. The van der Waals surface area contributed by atoms with Crippen LogP contribution in [0.2, 0.25) is 0 Å². The first kappa shape index (κ1) is 22.7. The van der Waals surface area contributed by atoms with Gasteiger partial charge in [-0.05, 0) is 42.3 Å². The number of carbonyl (C=O) groups excluding carboxylic acids is 1. The number of imidazole rings is 1. The van der Waals surface area contributed by atoms with E-state index in [0.717, 1.165) is 17.9 Å². The van der Waals surface area contributed by atoms with Crippen molar-refractivity contribution in [3.8, 4) is 0 Å². The van der Waals surface area contributed by atoms with E-state index in [2.05, 4.69) is 25.4 Å². The van der Waals surface area contributed by atoms with Crippen LogP contribution >= 0.6 is 0 Å². The first-order chi connectivity index (χ1) is 17.0. The van der Waals surface area contributed by atoms with Crippen molar-refractivity contribution >= 4 is 33.2 Å². The summed E-state index contributed by atoms with van der Waals surface area (Å²) in [5.41, 5.74) is 1.87. The smallest absolute Gasteiger partial charge is 0.317 e. The largest absolute Gasteiger partial charge is 0.364 e. The Labute approximate surface area is 203 Å². The number of fused-ring (bicyclic) bond motifs is 1. The third-order valence-corrected chi connectivity index (χ3v) is 7.21. The number of anilines is 2. The predicted molar refractivity (Wildman–Crippen MR) is 133 cm³/mol. The molecule has 1 aliphatic heterocycles. The van der Waals surface area contributed by atoms with Gasteiger partial charge in [-0.3, -0.25) is 4.72 Å². The van der Waals surface area contributed by atoms with Gasteiger partial charge in [-0.15, -0.1) is 5.10 Å². The molecule has 180 valence electrons. The van der Waals surface area contributed by atoms with Crippen molar-refractivity contribution in [2.75, 3.05) is 23.1 Å². The fourth-order valence-electron chi connectivity index (χ4n) is 4.02. The summed E-state index contributed by atoms with van der Waals surface area (Å²) >= 11 is 0. The van der Waals surface area contributed by atoms with E-state index in [4.69, 9.17) is 0 Å².